The van der Waals surface area contributed by atoms with Crippen molar-refractivity contribution < 1.29 is 4.79 Å². The maximum atomic E-state index is 11.6. The molecule has 0 radical (unpaired) electrons. The number of nitrogens with one attached hydrogen (secondary N) is 1. The maximum Gasteiger partial charge on any atom is 0.228 e. The normalized spacial score (nSPS) is 12.8. The number of aryl methyl sites for hydroxylation is 2. The van der Waals surface area contributed by atoms with Gasteiger partial charge in [-0.15, -0.1) is 0 Å². The number of carbonyl (C=O) groups is 1. The van der Waals surface area contributed by atoms with E-state index in [1.807, 2.05) is 24.5 Å². The van der Waals surface area contributed by atoms with Gasteiger partial charge in [0.15, 0.2) is 0 Å². The Morgan fingerprint density at radius 1 is 0.786 bits per heavy atom. The van der Waals surface area contributed by atoms with E-state index in [4.69, 9.17) is 0 Å². The van der Waals surface area contributed by atoms with Crippen LogP contribution in [-0.4, -0.2) is 10.9 Å². The van der Waals surface area contributed by atoms with Crippen molar-refractivity contribution in [1.29, 1.82) is 0 Å². The minimum Gasteiger partial charge on any atom is -0.326 e. The van der Waals surface area contributed by atoms with Gasteiger partial charge in [0.05, 0.1) is 6.42 Å². The number of pyridine rings is 1. The molecule has 1 aliphatic heterocycles. The summed E-state index contributed by atoms with van der Waals surface area (Å²) in [6.07, 6.45) is 6.23. The standard InChI is InChI=1S/C25H20N2O/c28-25-14-22-10-9-21(13-24(22)27-25)23-12-18(15-26-16-23)6-5-17-7-8-19-3-1-2-4-20(19)11-17/h1-4,7-13,15-16H,5-6,14H2,(H,27,28). The molecule has 2 heterocycles. The number of amides is 1. The summed E-state index contributed by atoms with van der Waals surface area (Å²) in [4.78, 5) is 16.0. The Kier molecular flexibility index (Phi) is 4.13. The van der Waals surface area contributed by atoms with Crippen LogP contribution < -0.4 is 5.32 Å². The molecule has 1 N–H and O–H groups in total. The van der Waals surface area contributed by atoms with E-state index in [0.717, 1.165) is 35.2 Å². The minimum absolute atomic E-state index is 0.0643. The molecule has 1 aliphatic rings. The van der Waals surface area contributed by atoms with Crippen LogP contribution in [0.4, 0.5) is 5.69 Å². The molecule has 0 saturated heterocycles. The average molecular weight is 364 g/mol. The lowest BCUT2D eigenvalue weighted by Crippen LogP contribution is -2.03. The van der Waals surface area contributed by atoms with Crippen molar-refractivity contribution in [1.82, 2.24) is 4.98 Å². The van der Waals surface area contributed by atoms with E-state index in [1.54, 1.807) is 0 Å². The lowest BCUT2D eigenvalue weighted by molar-refractivity contribution is -0.115. The van der Waals surface area contributed by atoms with Gasteiger partial charge in [-0.1, -0.05) is 54.6 Å². The number of anilines is 1. The smallest absolute Gasteiger partial charge is 0.228 e. The van der Waals surface area contributed by atoms with E-state index < -0.39 is 0 Å². The van der Waals surface area contributed by atoms with Crippen LogP contribution in [0.5, 0.6) is 0 Å². The van der Waals surface area contributed by atoms with Gasteiger partial charge in [-0.3, -0.25) is 9.78 Å². The number of nitrogens with zero attached hydrogens (tertiary/aromatic N) is 1. The molecule has 0 unspecified atom stereocenters. The zero-order chi connectivity index (χ0) is 18.9. The molecular formula is C25H20N2O. The summed E-state index contributed by atoms with van der Waals surface area (Å²) in [6, 6.07) is 23.5. The largest absolute Gasteiger partial charge is 0.326 e. The number of hydrogen-bond acceptors (Lipinski definition) is 2. The molecule has 0 saturated carbocycles. The van der Waals surface area contributed by atoms with E-state index in [0.29, 0.717) is 6.42 Å². The molecule has 1 amide bonds. The first-order valence-electron chi connectivity index (χ1n) is 9.59. The fourth-order valence-electron chi connectivity index (χ4n) is 3.86. The minimum atomic E-state index is 0.0643. The molecule has 4 aromatic rings. The first-order chi connectivity index (χ1) is 13.7. The third kappa shape index (κ3) is 3.27. The molecule has 3 nitrogen and oxygen atoms in total. The highest BCUT2D eigenvalue weighted by atomic mass is 16.1. The zero-order valence-corrected chi connectivity index (χ0v) is 15.5. The summed E-state index contributed by atoms with van der Waals surface area (Å²) in [7, 11) is 0. The van der Waals surface area contributed by atoms with Crippen molar-refractivity contribution in [3.8, 4) is 11.1 Å². The summed E-state index contributed by atoms with van der Waals surface area (Å²) in [6.45, 7) is 0. The molecule has 0 atom stereocenters. The molecular weight excluding hydrogens is 344 g/mol. The quantitative estimate of drug-likeness (QED) is 0.542. The molecule has 5 rings (SSSR count). The van der Waals surface area contributed by atoms with Crippen LogP contribution in [-0.2, 0) is 24.1 Å². The SMILES string of the molecule is O=C1Cc2ccc(-c3cncc(CCc4ccc5ccccc5c4)c3)cc2N1. The van der Waals surface area contributed by atoms with E-state index in [-0.39, 0.29) is 5.91 Å². The number of aromatic nitrogens is 1. The Balaban J connectivity index is 1.35. The van der Waals surface area contributed by atoms with Crippen LogP contribution in [0.1, 0.15) is 16.7 Å². The first kappa shape index (κ1) is 16.7. The lowest BCUT2D eigenvalue weighted by atomic mass is 9.99. The van der Waals surface area contributed by atoms with Gasteiger partial charge in [0.25, 0.3) is 0 Å². The summed E-state index contributed by atoms with van der Waals surface area (Å²) in [5.74, 6) is 0.0643. The number of fused-ring (bicyclic) bond motifs is 2. The van der Waals surface area contributed by atoms with Gasteiger partial charge < -0.3 is 5.32 Å². The predicted molar refractivity (Wildman–Crippen MR) is 113 cm³/mol. The first-order valence-corrected chi connectivity index (χ1v) is 9.59. The summed E-state index contributed by atoms with van der Waals surface area (Å²) in [5, 5.41) is 5.48. The second kappa shape index (κ2) is 6.93. The molecule has 0 fully saturated rings. The van der Waals surface area contributed by atoms with Gasteiger partial charge >= 0.3 is 0 Å². The molecule has 28 heavy (non-hydrogen) atoms. The molecule has 0 spiro atoms. The molecule has 136 valence electrons. The third-order valence-electron chi connectivity index (χ3n) is 5.38. The zero-order valence-electron chi connectivity index (χ0n) is 15.5. The maximum absolute atomic E-state index is 11.6. The summed E-state index contributed by atoms with van der Waals surface area (Å²) < 4.78 is 0. The number of rotatable bonds is 4. The molecule has 3 aromatic carbocycles. The van der Waals surface area contributed by atoms with Crippen molar-refractivity contribution in [3.63, 3.8) is 0 Å². The van der Waals surface area contributed by atoms with Crippen molar-refractivity contribution in [2.24, 2.45) is 0 Å². The fourth-order valence-corrected chi connectivity index (χ4v) is 3.86. The van der Waals surface area contributed by atoms with Gasteiger partial charge in [0, 0.05) is 23.6 Å². The van der Waals surface area contributed by atoms with Gasteiger partial charge in [-0.05, 0) is 58.0 Å². The van der Waals surface area contributed by atoms with Crippen LogP contribution in [0.3, 0.4) is 0 Å². The van der Waals surface area contributed by atoms with Crippen LogP contribution in [0, 0.1) is 0 Å². The summed E-state index contributed by atoms with van der Waals surface area (Å²) >= 11 is 0. The van der Waals surface area contributed by atoms with E-state index in [9.17, 15) is 4.79 Å². The van der Waals surface area contributed by atoms with Crippen molar-refractivity contribution in [2.75, 3.05) is 5.32 Å². The Morgan fingerprint density at radius 2 is 1.64 bits per heavy atom. The molecule has 1 aromatic heterocycles. The Bertz CT molecular complexity index is 1200. The van der Waals surface area contributed by atoms with Gasteiger partial charge in [0.1, 0.15) is 0 Å². The Hall–Kier alpha value is -3.46. The van der Waals surface area contributed by atoms with Crippen molar-refractivity contribution >= 4 is 22.4 Å². The van der Waals surface area contributed by atoms with Crippen LogP contribution in [0.15, 0.2) is 79.1 Å². The lowest BCUT2D eigenvalue weighted by Gasteiger charge is -2.08. The van der Waals surface area contributed by atoms with Gasteiger partial charge in [0.2, 0.25) is 5.91 Å². The third-order valence-corrected chi connectivity index (χ3v) is 5.38. The van der Waals surface area contributed by atoms with E-state index in [2.05, 4.69) is 64.9 Å². The number of carbonyl (C=O) groups excluding carboxylic acids is 1. The predicted octanol–water partition coefficient (Wildman–Crippen LogP) is 5.18. The van der Waals surface area contributed by atoms with Crippen molar-refractivity contribution in [3.05, 3.63) is 95.8 Å². The Labute approximate surface area is 164 Å². The second-order valence-corrected chi connectivity index (χ2v) is 7.36. The second-order valence-electron chi connectivity index (χ2n) is 7.36. The van der Waals surface area contributed by atoms with E-state index in [1.165, 1.54) is 21.9 Å². The van der Waals surface area contributed by atoms with Crippen molar-refractivity contribution in [2.45, 2.75) is 19.3 Å². The van der Waals surface area contributed by atoms with Crippen LogP contribution in [0.25, 0.3) is 21.9 Å². The molecule has 3 heteroatoms. The number of benzene rings is 3. The Morgan fingerprint density at radius 3 is 2.57 bits per heavy atom. The highest BCUT2D eigenvalue weighted by Crippen LogP contribution is 2.29. The topological polar surface area (TPSA) is 42.0 Å². The van der Waals surface area contributed by atoms with Crippen LogP contribution >= 0.6 is 0 Å². The van der Waals surface area contributed by atoms with Gasteiger partial charge in [-0.2, -0.15) is 0 Å². The van der Waals surface area contributed by atoms with E-state index >= 15 is 0 Å². The fraction of sp³-hybridized carbons (Fsp3) is 0.120. The molecule has 0 aliphatic carbocycles. The average Bonchev–Trinajstić information content (AvgIpc) is 3.11. The van der Waals surface area contributed by atoms with Gasteiger partial charge in [-0.25, -0.2) is 0 Å². The highest BCUT2D eigenvalue weighted by Gasteiger charge is 2.17. The summed E-state index contributed by atoms with van der Waals surface area (Å²) in [5.41, 5.74) is 6.71. The monoisotopic (exact) mass is 364 g/mol. The van der Waals surface area contributed by atoms with Crippen LogP contribution in [0.2, 0.25) is 0 Å². The highest BCUT2D eigenvalue weighted by molar-refractivity contribution is 6.00. The number of hydrogen-bond donors (Lipinski definition) is 1. The molecule has 0 bridgehead atoms.